The quantitative estimate of drug-likeness (QED) is 0.800. The van der Waals surface area contributed by atoms with Gasteiger partial charge in [-0.2, -0.15) is 0 Å². The molecule has 2 amide bonds. The lowest BCUT2D eigenvalue weighted by atomic mass is 10.1. The Balaban J connectivity index is 1.82. The number of amides is 2. The number of carbonyl (C=O) groups is 2. The fraction of sp³-hybridized carbons (Fsp3) is 0.300. The molecule has 1 aliphatic heterocycles. The van der Waals surface area contributed by atoms with E-state index < -0.39 is 11.7 Å². The first-order valence-corrected chi connectivity index (χ1v) is 9.22. The summed E-state index contributed by atoms with van der Waals surface area (Å²) in [6, 6.07) is 9.02. The molecule has 0 fully saturated rings. The van der Waals surface area contributed by atoms with E-state index >= 15 is 0 Å². The Hall–Kier alpha value is -2.64. The van der Waals surface area contributed by atoms with Gasteiger partial charge in [0.25, 0.3) is 11.8 Å². The van der Waals surface area contributed by atoms with Crippen LogP contribution in [0.15, 0.2) is 36.4 Å². The van der Waals surface area contributed by atoms with Crippen LogP contribution in [0, 0.1) is 5.82 Å². The van der Waals surface area contributed by atoms with Crippen LogP contribution < -0.4 is 15.0 Å². The maximum Gasteiger partial charge on any atom is 0.265 e. The van der Waals surface area contributed by atoms with Gasteiger partial charge in [-0.3, -0.25) is 9.59 Å². The molecule has 2 aromatic carbocycles. The van der Waals surface area contributed by atoms with Crippen molar-refractivity contribution in [1.29, 1.82) is 0 Å². The number of rotatable bonds is 6. The number of halogens is 2. The molecule has 0 spiro atoms. The maximum absolute atomic E-state index is 14.0. The Labute approximate surface area is 167 Å². The van der Waals surface area contributed by atoms with Gasteiger partial charge in [-0.25, -0.2) is 4.39 Å². The standard InChI is InChI=1S/C20H21ClFN3O3/c1-24(2)9-4-10-25-16-11-13(7-8-17(16)28-12-18(25)26)23-20(27)19-14(21)5-3-6-15(19)22/h3,5-8,11H,4,9-10,12H2,1-2H3,(H,23,27). The Morgan fingerprint density at radius 2 is 2.11 bits per heavy atom. The number of hydrogen-bond donors (Lipinski definition) is 1. The molecule has 148 valence electrons. The molecule has 0 aromatic heterocycles. The average molecular weight is 406 g/mol. The first-order valence-electron chi connectivity index (χ1n) is 8.84. The Kier molecular flexibility index (Phi) is 6.16. The van der Waals surface area contributed by atoms with E-state index in [1.54, 1.807) is 23.1 Å². The zero-order valence-corrected chi connectivity index (χ0v) is 16.4. The van der Waals surface area contributed by atoms with Crippen molar-refractivity contribution in [3.05, 3.63) is 52.8 Å². The number of nitrogens with zero attached hydrogens (tertiary/aromatic N) is 2. The van der Waals surface area contributed by atoms with Gasteiger partial charge in [-0.1, -0.05) is 17.7 Å². The smallest absolute Gasteiger partial charge is 0.265 e. The number of hydrogen-bond acceptors (Lipinski definition) is 4. The number of fused-ring (bicyclic) bond motifs is 1. The lowest BCUT2D eigenvalue weighted by molar-refractivity contribution is -0.121. The number of anilines is 2. The lowest BCUT2D eigenvalue weighted by Gasteiger charge is -2.30. The summed E-state index contributed by atoms with van der Waals surface area (Å²) in [4.78, 5) is 28.5. The number of ether oxygens (including phenoxy) is 1. The van der Waals surface area contributed by atoms with E-state index in [4.69, 9.17) is 16.3 Å². The molecule has 0 radical (unpaired) electrons. The van der Waals surface area contributed by atoms with Gasteiger partial charge in [-0.05, 0) is 57.4 Å². The van der Waals surface area contributed by atoms with Gasteiger partial charge in [0.2, 0.25) is 0 Å². The fourth-order valence-corrected chi connectivity index (χ4v) is 3.23. The van der Waals surface area contributed by atoms with Crippen LogP contribution in [0.25, 0.3) is 0 Å². The minimum absolute atomic E-state index is 0.0223. The SMILES string of the molecule is CN(C)CCCN1C(=O)COc2ccc(NC(=O)c3c(F)cccc3Cl)cc21. The third-order valence-corrected chi connectivity index (χ3v) is 4.65. The van der Waals surface area contributed by atoms with Gasteiger partial charge >= 0.3 is 0 Å². The summed E-state index contributed by atoms with van der Waals surface area (Å²) in [6.07, 6.45) is 0.791. The third-order valence-electron chi connectivity index (χ3n) is 4.34. The highest BCUT2D eigenvalue weighted by atomic mass is 35.5. The van der Waals surface area contributed by atoms with Crippen LogP contribution in [-0.2, 0) is 4.79 Å². The van der Waals surface area contributed by atoms with Crippen molar-refractivity contribution in [2.24, 2.45) is 0 Å². The van der Waals surface area contributed by atoms with Crippen LogP contribution in [0.2, 0.25) is 5.02 Å². The molecule has 6 nitrogen and oxygen atoms in total. The van der Waals surface area contributed by atoms with Crippen molar-refractivity contribution < 1.29 is 18.7 Å². The molecule has 0 aliphatic carbocycles. The normalized spacial score (nSPS) is 13.3. The monoisotopic (exact) mass is 405 g/mol. The second-order valence-corrected chi connectivity index (χ2v) is 7.13. The first kappa shape index (κ1) is 20.1. The van der Waals surface area contributed by atoms with Gasteiger partial charge in [0.05, 0.1) is 16.3 Å². The number of benzene rings is 2. The van der Waals surface area contributed by atoms with Crippen molar-refractivity contribution in [3.8, 4) is 5.75 Å². The second-order valence-electron chi connectivity index (χ2n) is 6.72. The lowest BCUT2D eigenvalue weighted by Crippen LogP contribution is -2.40. The van der Waals surface area contributed by atoms with Crippen LogP contribution in [-0.4, -0.2) is 50.5 Å². The first-order chi connectivity index (χ1) is 13.4. The molecule has 0 bridgehead atoms. The predicted octanol–water partition coefficient (Wildman–Crippen LogP) is 3.41. The predicted molar refractivity (Wildman–Crippen MR) is 107 cm³/mol. The summed E-state index contributed by atoms with van der Waals surface area (Å²) >= 11 is 5.95. The van der Waals surface area contributed by atoms with Crippen LogP contribution in [0.1, 0.15) is 16.8 Å². The highest BCUT2D eigenvalue weighted by molar-refractivity contribution is 6.34. The van der Waals surface area contributed by atoms with E-state index in [2.05, 4.69) is 5.32 Å². The second kappa shape index (κ2) is 8.58. The topological polar surface area (TPSA) is 61.9 Å². The summed E-state index contributed by atoms with van der Waals surface area (Å²) in [5, 5.41) is 2.66. The van der Waals surface area contributed by atoms with E-state index in [-0.39, 0.29) is 23.1 Å². The zero-order chi connectivity index (χ0) is 20.3. The molecule has 0 saturated carbocycles. The van der Waals surface area contributed by atoms with E-state index in [1.165, 1.54) is 18.2 Å². The van der Waals surface area contributed by atoms with Gasteiger partial charge in [0, 0.05) is 12.2 Å². The minimum Gasteiger partial charge on any atom is -0.482 e. The van der Waals surface area contributed by atoms with Crippen molar-refractivity contribution in [2.75, 3.05) is 44.0 Å². The molecule has 28 heavy (non-hydrogen) atoms. The van der Waals surface area contributed by atoms with Gasteiger partial charge < -0.3 is 19.9 Å². The van der Waals surface area contributed by atoms with Crippen molar-refractivity contribution in [2.45, 2.75) is 6.42 Å². The molecular weight excluding hydrogens is 385 g/mol. The molecule has 8 heteroatoms. The van der Waals surface area contributed by atoms with Crippen molar-refractivity contribution in [3.63, 3.8) is 0 Å². The summed E-state index contributed by atoms with van der Waals surface area (Å²) in [5.74, 6) is -0.949. The Morgan fingerprint density at radius 3 is 2.82 bits per heavy atom. The van der Waals surface area contributed by atoms with Crippen LogP contribution in [0.4, 0.5) is 15.8 Å². The molecule has 0 atom stereocenters. The fourth-order valence-electron chi connectivity index (χ4n) is 2.98. The maximum atomic E-state index is 14.0. The summed E-state index contributed by atoms with van der Waals surface area (Å²) in [5.41, 5.74) is 0.767. The van der Waals surface area contributed by atoms with Crippen molar-refractivity contribution >= 4 is 34.8 Å². The molecule has 3 rings (SSSR count). The Morgan fingerprint density at radius 1 is 1.32 bits per heavy atom. The molecule has 0 unspecified atom stereocenters. The summed E-state index contributed by atoms with van der Waals surface area (Å²) < 4.78 is 19.5. The van der Waals surface area contributed by atoms with Crippen LogP contribution in [0.5, 0.6) is 5.75 Å². The van der Waals surface area contributed by atoms with E-state index in [9.17, 15) is 14.0 Å². The average Bonchev–Trinajstić information content (AvgIpc) is 2.63. The van der Waals surface area contributed by atoms with E-state index in [0.29, 0.717) is 23.7 Å². The summed E-state index contributed by atoms with van der Waals surface area (Å²) in [7, 11) is 3.94. The molecule has 2 aromatic rings. The molecule has 1 heterocycles. The minimum atomic E-state index is -0.702. The largest absolute Gasteiger partial charge is 0.482 e. The number of nitrogens with one attached hydrogen (secondary N) is 1. The molecule has 1 aliphatic rings. The van der Waals surface area contributed by atoms with E-state index in [1.807, 2.05) is 19.0 Å². The van der Waals surface area contributed by atoms with Gasteiger partial charge in [0.1, 0.15) is 11.6 Å². The van der Waals surface area contributed by atoms with Crippen LogP contribution >= 0.6 is 11.6 Å². The third kappa shape index (κ3) is 4.43. The molecule has 1 N–H and O–H groups in total. The van der Waals surface area contributed by atoms with Crippen molar-refractivity contribution in [1.82, 2.24) is 4.90 Å². The molecular formula is C20H21ClFN3O3. The zero-order valence-electron chi connectivity index (χ0n) is 15.7. The van der Waals surface area contributed by atoms with E-state index in [0.717, 1.165) is 13.0 Å². The summed E-state index contributed by atoms with van der Waals surface area (Å²) in [6.45, 7) is 1.34. The number of carbonyl (C=O) groups excluding carboxylic acids is 2. The highest BCUT2D eigenvalue weighted by Gasteiger charge is 2.26. The Bertz CT molecular complexity index is 884. The highest BCUT2D eigenvalue weighted by Crippen LogP contribution is 2.35. The van der Waals surface area contributed by atoms with Crippen LogP contribution in [0.3, 0.4) is 0 Å². The van der Waals surface area contributed by atoms with Gasteiger partial charge in [0.15, 0.2) is 6.61 Å². The van der Waals surface area contributed by atoms with Gasteiger partial charge in [-0.15, -0.1) is 0 Å². The molecule has 0 saturated heterocycles.